The van der Waals surface area contributed by atoms with Gasteiger partial charge in [0.15, 0.2) is 5.69 Å². The van der Waals surface area contributed by atoms with Crippen LogP contribution in [0.2, 0.25) is 0 Å². The molecule has 1 aliphatic rings. The van der Waals surface area contributed by atoms with E-state index in [9.17, 15) is 28.0 Å². The number of alkyl halides is 3. The number of nitrogens with one attached hydrogen (secondary N) is 1. The molecule has 174 valence electrons. The van der Waals surface area contributed by atoms with Gasteiger partial charge >= 0.3 is 18.2 Å². The van der Waals surface area contributed by atoms with Gasteiger partial charge in [-0.1, -0.05) is 32.0 Å². The lowest BCUT2D eigenvalue weighted by molar-refractivity contribution is -0.141. The lowest BCUT2D eigenvalue weighted by Gasteiger charge is -2.36. The van der Waals surface area contributed by atoms with Gasteiger partial charge in [0.1, 0.15) is 11.9 Å². The second-order valence-corrected chi connectivity index (χ2v) is 7.82. The second-order valence-electron chi connectivity index (χ2n) is 7.82. The number of carbonyl (C=O) groups excluding carboxylic acids is 1. The van der Waals surface area contributed by atoms with Gasteiger partial charge in [-0.05, 0) is 23.6 Å². The summed E-state index contributed by atoms with van der Waals surface area (Å²) in [4.78, 5) is 30.5. The maximum absolute atomic E-state index is 13.4. The molecule has 8 nitrogen and oxygen atoms in total. The summed E-state index contributed by atoms with van der Waals surface area (Å²) in [6, 6.07) is 9.49. The van der Waals surface area contributed by atoms with Crippen molar-refractivity contribution in [1.82, 2.24) is 9.88 Å². The Labute approximate surface area is 188 Å². The van der Waals surface area contributed by atoms with Crippen LogP contribution in [-0.2, 0) is 6.18 Å². The van der Waals surface area contributed by atoms with Gasteiger partial charge in [-0.2, -0.15) is 18.4 Å². The van der Waals surface area contributed by atoms with Crippen molar-refractivity contribution in [1.29, 1.82) is 5.26 Å². The van der Waals surface area contributed by atoms with Crippen molar-refractivity contribution in [3.63, 3.8) is 0 Å². The molecule has 0 atom stereocenters. The van der Waals surface area contributed by atoms with Crippen LogP contribution < -0.4 is 10.2 Å². The smallest absolute Gasteiger partial charge is 0.434 e. The van der Waals surface area contributed by atoms with E-state index in [1.54, 1.807) is 12.1 Å². The van der Waals surface area contributed by atoms with E-state index in [0.717, 1.165) is 5.56 Å². The Hall–Kier alpha value is -3.81. The number of aromatic nitrogens is 1. The molecule has 2 aromatic rings. The number of hydrogen-bond donors (Lipinski definition) is 2. The van der Waals surface area contributed by atoms with Crippen LogP contribution in [-0.4, -0.2) is 53.2 Å². The van der Waals surface area contributed by atoms with Crippen LogP contribution in [0.4, 0.5) is 29.5 Å². The van der Waals surface area contributed by atoms with Gasteiger partial charge in [-0.3, -0.25) is 0 Å². The fourth-order valence-electron chi connectivity index (χ4n) is 3.64. The zero-order chi connectivity index (χ0) is 24.3. The van der Waals surface area contributed by atoms with Crippen molar-refractivity contribution < 1.29 is 27.9 Å². The van der Waals surface area contributed by atoms with Gasteiger partial charge in [0.2, 0.25) is 0 Å². The minimum absolute atomic E-state index is 0.130. The number of pyridine rings is 1. The molecular weight excluding hydrogens is 439 g/mol. The van der Waals surface area contributed by atoms with Gasteiger partial charge in [0.05, 0.1) is 11.1 Å². The Balaban J connectivity index is 1.78. The standard InChI is InChI=1S/C22H22F3N5O3/c1-13(2)15-5-3-4-6-17(15)27-21(33)30-9-7-29(8-10-30)19-14(12-26)11-16(20(31)32)18(28-19)22(23,24)25/h3-6,11,13H,7-10H2,1-2H3,(H,27,33)(H,31,32). The monoisotopic (exact) mass is 461 g/mol. The summed E-state index contributed by atoms with van der Waals surface area (Å²) in [5, 5.41) is 21.3. The quantitative estimate of drug-likeness (QED) is 0.708. The number of nitrogens with zero attached hydrogens (tertiary/aromatic N) is 4. The Morgan fingerprint density at radius 3 is 2.36 bits per heavy atom. The summed E-state index contributed by atoms with van der Waals surface area (Å²) in [7, 11) is 0. The number of amides is 2. The molecule has 2 N–H and O–H groups in total. The third-order valence-corrected chi connectivity index (χ3v) is 5.31. The maximum Gasteiger partial charge on any atom is 0.434 e. The number of para-hydroxylation sites is 1. The van der Waals surface area contributed by atoms with Crippen molar-refractivity contribution in [2.75, 3.05) is 36.4 Å². The molecule has 1 aromatic heterocycles. The summed E-state index contributed by atoms with van der Waals surface area (Å²) in [5.74, 6) is -1.87. The number of rotatable bonds is 4. The number of piperazine rings is 1. The molecule has 2 amide bonds. The first-order valence-corrected chi connectivity index (χ1v) is 10.2. The predicted molar refractivity (Wildman–Crippen MR) is 114 cm³/mol. The number of carboxylic acid groups (broad SMARTS) is 1. The number of urea groups is 1. The molecule has 3 rings (SSSR count). The van der Waals surface area contributed by atoms with E-state index in [2.05, 4.69) is 10.3 Å². The molecule has 0 spiro atoms. The van der Waals surface area contributed by atoms with E-state index in [4.69, 9.17) is 5.11 Å². The Kier molecular flexibility index (Phi) is 6.76. The molecule has 1 fully saturated rings. The van der Waals surface area contributed by atoms with Gasteiger partial charge in [-0.15, -0.1) is 0 Å². The topological polar surface area (TPSA) is 110 Å². The molecule has 0 saturated carbocycles. The summed E-state index contributed by atoms with van der Waals surface area (Å²) >= 11 is 0. The molecule has 11 heteroatoms. The lowest BCUT2D eigenvalue weighted by atomic mass is 10.0. The summed E-state index contributed by atoms with van der Waals surface area (Å²) in [5.41, 5.74) is -1.25. The fraction of sp³-hybridized carbons (Fsp3) is 0.364. The number of carboxylic acids is 1. The molecule has 1 aliphatic heterocycles. The Morgan fingerprint density at radius 1 is 1.18 bits per heavy atom. The van der Waals surface area contributed by atoms with E-state index in [1.165, 1.54) is 9.80 Å². The number of benzene rings is 1. The third-order valence-electron chi connectivity index (χ3n) is 5.31. The molecule has 1 aromatic carbocycles. The van der Waals surface area contributed by atoms with Gasteiger partial charge < -0.3 is 20.2 Å². The van der Waals surface area contributed by atoms with Crippen molar-refractivity contribution >= 4 is 23.5 Å². The number of halogens is 3. The highest BCUT2D eigenvalue weighted by molar-refractivity contribution is 5.91. The van der Waals surface area contributed by atoms with Crippen molar-refractivity contribution in [2.45, 2.75) is 25.9 Å². The highest BCUT2D eigenvalue weighted by Crippen LogP contribution is 2.34. The maximum atomic E-state index is 13.4. The number of hydrogen-bond acceptors (Lipinski definition) is 5. The van der Waals surface area contributed by atoms with Crippen molar-refractivity contribution in [2.24, 2.45) is 0 Å². The average Bonchev–Trinajstić information content (AvgIpc) is 2.77. The first-order chi connectivity index (χ1) is 15.5. The summed E-state index contributed by atoms with van der Waals surface area (Å²) in [6.45, 7) is 4.65. The molecule has 1 saturated heterocycles. The van der Waals surface area contributed by atoms with Crippen LogP contribution >= 0.6 is 0 Å². The van der Waals surface area contributed by atoms with Crippen molar-refractivity contribution in [3.05, 3.63) is 52.7 Å². The van der Waals surface area contributed by atoms with Crippen LogP contribution in [0.5, 0.6) is 0 Å². The largest absolute Gasteiger partial charge is 0.478 e. The number of carbonyl (C=O) groups is 2. The van der Waals surface area contributed by atoms with Gasteiger partial charge in [0, 0.05) is 31.9 Å². The minimum Gasteiger partial charge on any atom is -0.478 e. The highest BCUT2D eigenvalue weighted by Gasteiger charge is 2.39. The van der Waals surface area contributed by atoms with Crippen LogP contribution in [0.15, 0.2) is 30.3 Å². The van der Waals surface area contributed by atoms with Crippen LogP contribution in [0.3, 0.4) is 0 Å². The number of aromatic carboxylic acids is 1. The molecule has 0 unspecified atom stereocenters. The lowest BCUT2D eigenvalue weighted by Crippen LogP contribution is -2.50. The molecule has 2 heterocycles. The molecule has 0 aliphatic carbocycles. The molecule has 0 radical (unpaired) electrons. The number of anilines is 2. The zero-order valence-corrected chi connectivity index (χ0v) is 18.0. The summed E-state index contributed by atoms with van der Waals surface area (Å²) in [6.07, 6.45) is -5.00. The van der Waals surface area contributed by atoms with E-state index >= 15 is 0 Å². The van der Waals surface area contributed by atoms with Crippen LogP contribution in [0.25, 0.3) is 0 Å². The molecule has 0 bridgehead atoms. The van der Waals surface area contributed by atoms with E-state index in [0.29, 0.717) is 11.8 Å². The van der Waals surface area contributed by atoms with Gasteiger partial charge in [0.25, 0.3) is 0 Å². The highest BCUT2D eigenvalue weighted by atomic mass is 19.4. The van der Waals surface area contributed by atoms with E-state index in [-0.39, 0.29) is 49.5 Å². The predicted octanol–water partition coefficient (Wildman–Crippen LogP) is 4.15. The minimum atomic E-state index is -5.00. The zero-order valence-electron chi connectivity index (χ0n) is 18.0. The SMILES string of the molecule is CC(C)c1ccccc1NC(=O)N1CCN(c2nc(C(F)(F)F)c(C(=O)O)cc2C#N)CC1. The van der Waals surface area contributed by atoms with Crippen LogP contribution in [0.1, 0.15) is 46.9 Å². The van der Waals surface area contributed by atoms with Crippen molar-refractivity contribution in [3.8, 4) is 6.07 Å². The fourth-order valence-corrected chi connectivity index (χ4v) is 3.64. The van der Waals surface area contributed by atoms with E-state index in [1.807, 2.05) is 32.0 Å². The second kappa shape index (κ2) is 9.36. The van der Waals surface area contributed by atoms with Gasteiger partial charge in [-0.25, -0.2) is 14.6 Å². The summed E-state index contributed by atoms with van der Waals surface area (Å²) < 4.78 is 40.1. The third kappa shape index (κ3) is 5.16. The van der Waals surface area contributed by atoms with E-state index < -0.39 is 23.4 Å². The first-order valence-electron chi connectivity index (χ1n) is 10.2. The normalized spacial score (nSPS) is 14.2. The number of nitriles is 1. The van der Waals surface area contributed by atoms with Crippen LogP contribution in [0, 0.1) is 11.3 Å². The Morgan fingerprint density at radius 2 is 1.82 bits per heavy atom. The Bertz CT molecular complexity index is 1100. The average molecular weight is 461 g/mol. The molecular formula is C22H22F3N5O3. The molecule has 33 heavy (non-hydrogen) atoms. The first kappa shape index (κ1) is 23.8.